The van der Waals surface area contributed by atoms with Crippen LogP contribution < -0.4 is 20.1 Å². The van der Waals surface area contributed by atoms with Gasteiger partial charge in [-0.05, 0) is 31.9 Å². The number of nitrogens with one attached hydrogen (secondary N) is 2. The van der Waals surface area contributed by atoms with Crippen LogP contribution in [0.1, 0.15) is 32.6 Å². The zero-order valence-electron chi connectivity index (χ0n) is 17.4. The zero-order valence-corrected chi connectivity index (χ0v) is 18.2. The van der Waals surface area contributed by atoms with Crippen LogP contribution in [-0.4, -0.2) is 68.3 Å². The number of anilines is 1. The van der Waals surface area contributed by atoms with Gasteiger partial charge in [0.15, 0.2) is 17.5 Å². The van der Waals surface area contributed by atoms with Gasteiger partial charge in [-0.15, -0.1) is 0 Å². The van der Waals surface area contributed by atoms with E-state index in [0.29, 0.717) is 5.75 Å². The summed E-state index contributed by atoms with van der Waals surface area (Å²) in [6, 6.07) is 5.84. The van der Waals surface area contributed by atoms with E-state index in [1.54, 1.807) is 14.2 Å². The Morgan fingerprint density at radius 2 is 1.86 bits per heavy atom. The van der Waals surface area contributed by atoms with Crippen LogP contribution >= 0.6 is 11.8 Å². The molecule has 0 aromatic heterocycles. The molecule has 2 fully saturated rings. The van der Waals surface area contributed by atoms with Crippen LogP contribution in [-0.2, 0) is 0 Å². The molecule has 1 aromatic rings. The standard InChI is InChI=1S/C21H34N4O2S/c1-4-22-20(24-17-7-8-18(26-2)19(15-17)27-3)23-16-21(9-5-6-10-21)25-11-13-28-14-12-25/h7-8,15H,4-6,9-14,16H2,1-3H3,(H2,22,23,24). The molecule has 7 heteroatoms. The van der Waals surface area contributed by atoms with E-state index in [9.17, 15) is 0 Å². The highest BCUT2D eigenvalue weighted by atomic mass is 32.2. The maximum atomic E-state index is 5.42. The number of benzene rings is 1. The molecule has 3 rings (SSSR count). The van der Waals surface area contributed by atoms with E-state index in [-0.39, 0.29) is 5.54 Å². The molecule has 1 saturated carbocycles. The van der Waals surface area contributed by atoms with Crippen molar-refractivity contribution in [2.24, 2.45) is 4.99 Å². The summed E-state index contributed by atoms with van der Waals surface area (Å²) in [5.41, 5.74) is 1.17. The summed E-state index contributed by atoms with van der Waals surface area (Å²) < 4.78 is 10.8. The first-order chi connectivity index (χ1) is 13.7. The molecular weight excluding hydrogens is 372 g/mol. The van der Waals surface area contributed by atoms with Crippen molar-refractivity contribution in [3.05, 3.63) is 18.2 Å². The first-order valence-corrected chi connectivity index (χ1v) is 11.5. The first-order valence-electron chi connectivity index (χ1n) is 10.3. The molecular formula is C21H34N4O2S. The van der Waals surface area contributed by atoms with Crippen LogP contribution in [0.25, 0.3) is 0 Å². The monoisotopic (exact) mass is 406 g/mol. The van der Waals surface area contributed by atoms with Crippen molar-refractivity contribution >= 4 is 23.4 Å². The lowest BCUT2D eigenvalue weighted by atomic mass is 9.95. The minimum Gasteiger partial charge on any atom is -0.493 e. The Labute approximate surface area is 173 Å². The lowest BCUT2D eigenvalue weighted by Gasteiger charge is -2.42. The number of aliphatic imine (C=N–C) groups is 1. The number of hydrogen-bond acceptors (Lipinski definition) is 5. The molecule has 0 amide bonds. The van der Waals surface area contributed by atoms with Crippen molar-refractivity contribution < 1.29 is 9.47 Å². The smallest absolute Gasteiger partial charge is 0.195 e. The van der Waals surface area contributed by atoms with Crippen molar-refractivity contribution in [3.8, 4) is 11.5 Å². The third-order valence-electron chi connectivity index (χ3n) is 5.74. The van der Waals surface area contributed by atoms with Gasteiger partial charge in [-0.2, -0.15) is 11.8 Å². The maximum Gasteiger partial charge on any atom is 0.195 e. The molecule has 1 saturated heterocycles. The van der Waals surface area contributed by atoms with Crippen molar-refractivity contribution in [1.82, 2.24) is 10.2 Å². The fourth-order valence-electron chi connectivity index (χ4n) is 4.23. The second-order valence-corrected chi connectivity index (χ2v) is 8.65. The molecule has 2 N–H and O–H groups in total. The zero-order chi connectivity index (χ0) is 19.8. The van der Waals surface area contributed by atoms with Gasteiger partial charge < -0.3 is 20.1 Å². The molecule has 0 atom stereocenters. The number of guanidine groups is 1. The summed E-state index contributed by atoms with van der Waals surface area (Å²) in [7, 11) is 3.30. The van der Waals surface area contributed by atoms with Crippen molar-refractivity contribution in [2.45, 2.75) is 38.1 Å². The predicted octanol–water partition coefficient (Wildman–Crippen LogP) is 3.44. The normalized spacial score (nSPS) is 20.0. The topological polar surface area (TPSA) is 58.1 Å². The largest absolute Gasteiger partial charge is 0.493 e. The summed E-state index contributed by atoms with van der Waals surface area (Å²) >= 11 is 2.07. The van der Waals surface area contributed by atoms with Gasteiger partial charge in [0.2, 0.25) is 0 Å². The quantitative estimate of drug-likeness (QED) is 0.534. The molecule has 0 spiro atoms. The summed E-state index contributed by atoms with van der Waals surface area (Å²) in [4.78, 5) is 7.72. The molecule has 156 valence electrons. The van der Waals surface area contributed by atoms with Crippen molar-refractivity contribution in [1.29, 1.82) is 0 Å². The second kappa shape index (κ2) is 10.3. The molecule has 6 nitrogen and oxygen atoms in total. The van der Waals surface area contributed by atoms with Crippen LogP contribution in [0.15, 0.2) is 23.2 Å². The Morgan fingerprint density at radius 1 is 1.14 bits per heavy atom. The van der Waals surface area contributed by atoms with E-state index in [1.165, 1.54) is 50.3 Å². The van der Waals surface area contributed by atoms with Crippen LogP contribution in [0, 0.1) is 0 Å². The van der Waals surface area contributed by atoms with Gasteiger partial charge in [0.25, 0.3) is 0 Å². The van der Waals surface area contributed by atoms with Gasteiger partial charge in [0, 0.05) is 48.4 Å². The van der Waals surface area contributed by atoms with Crippen LogP contribution in [0.2, 0.25) is 0 Å². The average Bonchev–Trinajstić information content (AvgIpc) is 3.23. The molecule has 28 heavy (non-hydrogen) atoms. The van der Waals surface area contributed by atoms with Crippen LogP contribution in [0.5, 0.6) is 11.5 Å². The number of rotatable bonds is 7. The SMILES string of the molecule is CCNC(=NCC1(N2CCSCC2)CCCC1)Nc1ccc(OC)c(OC)c1. The Bertz CT molecular complexity index is 656. The second-order valence-electron chi connectivity index (χ2n) is 7.42. The molecule has 0 bridgehead atoms. The Hall–Kier alpha value is -1.60. The Morgan fingerprint density at radius 3 is 2.50 bits per heavy atom. The van der Waals surface area contributed by atoms with Gasteiger partial charge in [0.1, 0.15) is 0 Å². The molecule has 1 aliphatic heterocycles. The van der Waals surface area contributed by atoms with Gasteiger partial charge in [-0.25, -0.2) is 0 Å². The lowest BCUT2D eigenvalue weighted by Crippen LogP contribution is -2.53. The number of hydrogen-bond donors (Lipinski definition) is 2. The number of ether oxygens (including phenoxy) is 2. The summed E-state index contributed by atoms with van der Waals surface area (Å²) in [5, 5.41) is 6.82. The van der Waals surface area contributed by atoms with E-state index in [2.05, 4.69) is 34.2 Å². The summed E-state index contributed by atoms with van der Waals surface area (Å²) in [6.07, 6.45) is 5.16. The van der Waals surface area contributed by atoms with Gasteiger partial charge in [-0.3, -0.25) is 9.89 Å². The van der Waals surface area contributed by atoms with Gasteiger partial charge in [0.05, 0.1) is 20.8 Å². The highest BCUT2D eigenvalue weighted by Gasteiger charge is 2.39. The minimum absolute atomic E-state index is 0.237. The summed E-state index contributed by atoms with van der Waals surface area (Å²) in [6.45, 7) is 6.16. The fraction of sp³-hybridized carbons (Fsp3) is 0.667. The van der Waals surface area contributed by atoms with Crippen LogP contribution in [0.4, 0.5) is 5.69 Å². The van der Waals surface area contributed by atoms with E-state index >= 15 is 0 Å². The van der Waals surface area contributed by atoms with E-state index in [4.69, 9.17) is 14.5 Å². The van der Waals surface area contributed by atoms with E-state index in [0.717, 1.165) is 30.5 Å². The first kappa shape index (κ1) is 21.1. The Kier molecular flexibility index (Phi) is 7.73. The van der Waals surface area contributed by atoms with E-state index in [1.807, 2.05) is 18.2 Å². The summed E-state index contributed by atoms with van der Waals surface area (Å²) in [5.74, 6) is 4.75. The number of nitrogens with zero attached hydrogens (tertiary/aromatic N) is 2. The minimum atomic E-state index is 0.237. The van der Waals surface area contributed by atoms with Gasteiger partial charge in [-0.1, -0.05) is 12.8 Å². The molecule has 1 heterocycles. The molecule has 1 aromatic carbocycles. The molecule has 0 unspecified atom stereocenters. The predicted molar refractivity (Wildman–Crippen MR) is 119 cm³/mol. The van der Waals surface area contributed by atoms with Crippen molar-refractivity contribution in [3.63, 3.8) is 0 Å². The highest BCUT2D eigenvalue weighted by molar-refractivity contribution is 7.99. The van der Waals surface area contributed by atoms with Crippen LogP contribution in [0.3, 0.4) is 0 Å². The fourth-order valence-corrected chi connectivity index (χ4v) is 5.13. The highest BCUT2D eigenvalue weighted by Crippen LogP contribution is 2.37. The third-order valence-corrected chi connectivity index (χ3v) is 6.68. The van der Waals surface area contributed by atoms with Crippen molar-refractivity contribution in [2.75, 3.05) is 57.2 Å². The number of thioether (sulfide) groups is 1. The average molecular weight is 407 g/mol. The molecule has 0 radical (unpaired) electrons. The van der Waals surface area contributed by atoms with E-state index < -0.39 is 0 Å². The lowest BCUT2D eigenvalue weighted by molar-refractivity contribution is 0.112. The third kappa shape index (κ3) is 5.06. The van der Waals surface area contributed by atoms with Gasteiger partial charge >= 0.3 is 0 Å². The molecule has 2 aliphatic rings. The maximum absolute atomic E-state index is 5.42. The Balaban J connectivity index is 1.74. The number of methoxy groups -OCH3 is 2. The molecule has 1 aliphatic carbocycles.